The zero-order valence-corrected chi connectivity index (χ0v) is 31.2. The van der Waals surface area contributed by atoms with E-state index in [0.717, 1.165) is 0 Å². The molecule has 13 nitrogen and oxygen atoms in total. The minimum Gasteiger partial charge on any atom is -0.464 e. The molecule has 2 aliphatic heterocycles. The molecular weight excluding hydrogens is 640 g/mol. The lowest BCUT2D eigenvalue weighted by molar-refractivity contribution is -0.295. The summed E-state index contributed by atoms with van der Waals surface area (Å²) in [5.41, 5.74) is -2.62. The Labute approximate surface area is 287 Å². The van der Waals surface area contributed by atoms with Crippen molar-refractivity contribution in [1.29, 1.82) is 0 Å². The van der Waals surface area contributed by atoms with Crippen LogP contribution in [-0.2, 0) is 38.6 Å². The number of Topliss-reactive ketones (excluding diaryl/α,β-unsaturated/α-hetero) is 1. The van der Waals surface area contributed by atoms with E-state index in [4.69, 9.17) is 18.9 Å². The average Bonchev–Trinajstić information content (AvgIpc) is 3.02. The van der Waals surface area contributed by atoms with Gasteiger partial charge in [-0.05, 0) is 92.7 Å². The zero-order valence-electron chi connectivity index (χ0n) is 30.4. The van der Waals surface area contributed by atoms with Crippen LogP contribution in [0.1, 0.15) is 60.8 Å². The molecule has 1 aromatic rings. The van der Waals surface area contributed by atoms with Gasteiger partial charge in [0.2, 0.25) is 10.0 Å². The largest absolute Gasteiger partial charge is 0.464 e. The molecule has 0 amide bonds. The fourth-order valence-electron chi connectivity index (χ4n) is 7.03. The quantitative estimate of drug-likeness (QED) is 0.344. The summed E-state index contributed by atoms with van der Waals surface area (Å²) >= 11 is 0. The molecule has 1 aromatic heterocycles. The molecule has 2 fully saturated rings. The number of nitrogens with zero attached hydrogens (tertiary/aromatic N) is 4. The maximum Gasteiger partial charge on any atom is 0.319 e. The van der Waals surface area contributed by atoms with Crippen molar-refractivity contribution in [3.8, 4) is 0 Å². The SMILES string of the molecule is CO[C@]1(C)C[C@@H](C)CN(C)CCCN(S(=O)(=O)c2cccnc2)CCOC(=O)C(C)(C)C(=O)[C@H](C)[C@H]1O[C@@H]1O[C@H](C)C[C@H](N(C)C)[C@H]1O. The Morgan fingerprint density at radius 3 is 2.40 bits per heavy atom. The first-order valence-corrected chi connectivity index (χ1v) is 18.3. The van der Waals surface area contributed by atoms with Crippen molar-refractivity contribution in [1.82, 2.24) is 19.1 Å². The minimum absolute atomic E-state index is 0.0526. The predicted molar refractivity (Wildman–Crippen MR) is 181 cm³/mol. The fourth-order valence-corrected chi connectivity index (χ4v) is 8.46. The number of likely N-dealkylation sites (N-methyl/N-ethyl adjacent to an activating group) is 1. The van der Waals surface area contributed by atoms with Crippen molar-refractivity contribution in [3.05, 3.63) is 24.5 Å². The van der Waals surface area contributed by atoms with Crippen LogP contribution in [0.5, 0.6) is 0 Å². The summed E-state index contributed by atoms with van der Waals surface area (Å²) in [6.07, 6.45) is 1.29. The zero-order chi connectivity index (χ0) is 36.0. The monoisotopic (exact) mass is 698 g/mol. The number of rotatable bonds is 6. The molecule has 0 saturated carbocycles. The van der Waals surface area contributed by atoms with E-state index < -0.39 is 57.2 Å². The Morgan fingerprint density at radius 1 is 1.10 bits per heavy atom. The summed E-state index contributed by atoms with van der Waals surface area (Å²) in [6.45, 7) is 11.8. The van der Waals surface area contributed by atoms with Crippen molar-refractivity contribution in [3.63, 3.8) is 0 Å². The molecule has 0 bridgehead atoms. The van der Waals surface area contributed by atoms with E-state index in [1.54, 1.807) is 20.1 Å². The van der Waals surface area contributed by atoms with Gasteiger partial charge >= 0.3 is 5.97 Å². The van der Waals surface area contributed by atoms with Gasteiger partial charge in [-0.25, -0.2) is 8.42 Å². The Bertz CT molecular complexity index is 1310. The van der Waals surface area contributed by atoms with Gasteiger partial charge in [0.1, 0.15) is 23.0 Å². The smallest absolute Gasteiger partial charge is 0.319 e. The molecule has 274 valence electrons. The Morgan fingerprint density at radius 2 is 1.79 bits per heavy atom. The molecule has 0 unspecified atom stereocenters. The van der Waals surface area contributed by atoms with Crippen LogP contribution in [0.4, 0.5) is 0 Å². The van der Waals surface area contributed by atoms with Gasteiger partial charge in [-0.3, -0.25) is 14.6 Å². The number of hydrogen-bond acceptors (Lipinski definition) is 12. The molecule has 1 N–H and O–H groups in total. The molecule has 14 heteroatoms. The van der Waals surface area contributed by atoms with E-state index in [-0.39, 0.29) is 42.7 Å². The van der Waals surface area contributed by atoms with Crippen LogP contribution in [0.2, 0.25) is 0 Å². The highest BCUT2D eigenvalue weighted by molar-refractivity contribution is 7.89. The van der Waals surface area contributed by atoms with Gasteiger partial charge in [-0.2, -0.15) is 4.31 Å². The van der Waals surface area contributed by atoms with E-state index in [1.807, 2.05) is 39.9 Å². The minimum atomic E-state index is -3.91. The summed E-state index contributed by atoms with van der Waals surface area (Å²) in [4.78, 5) is 35.9. The van der Waals surface area contributed by atoms with Crippen LogP contribution < -0.4 is 0 Å². The number of pyridine rings is 1. The summed E-state index contributed by atoms with van der Waals surface area (Å²) in [7, 11) is 3.43. The van der Waals surface area contributed by atoms with Crippen LogP contribution in [0.15, 0.2) is 29.4 Å². The highest BCUT2D eigenvalue weighted by Crippen LogP contribution is 2.38. The Hall–Kier alpha value is -2.04. The molecule has 0 aliphatic carbocycles. The average molecular weight is 699 g/mol. The summed E-state index contributed by atoms with van der Waals surface area (Å²) in [5.74, 6) is -2.03. The standard InChI is InChI=1S/C34H58N4O9S/c1-23-20-34(6,44-10)30(47-31-28(39)27(36(7)8)19-24(2)46-31)25(3)29(40)33(4,5)32(41)45-18-17-38(16-12-15-37(9)22-23)48(42,43)26-13-11-14-35-21-26/h11,13-14,21,23-25,27-28,30-31,39H,12,15-20,22H2,1-10H3/t23-,24-,25+,27+,28-,30-,31+,34-/m1/s1. The fraction of sp³-hybridized carbons (Fsp3) is 0.794. The molecule has 0 spiro atoms. The first-order chi connectivity index (χ1) is 22.3. The van der Waals surface area contributed by atoms with Gasteiger partial charge in [0.15, 0.2) is 12.1 Å². The van der Waals surface area contributed by atoms with Crippen molar-refractivity contribution >= 4 is 21.8 Å². The molecule has 3 heterocycles. The van der Waals surface area contributed by atoms with E-state index >= 15 is 0 Å². The number of ether oxygens (including phenoxy) is 4. The number of aliphatic hydroxyl groups excluding tert-OH is 1. The second-order valence-corrected chi connectivity index (χ2v) is 16.5. The number of carbonyl (C=O) groups is 2. The van der Waals surface area contributed by atoms with Gasteiger partial charge in [0.25, 0.3) is 0 Å². The van der Waals surface area contributed by atoms with Crippen LogP contribution in [0.3, 0.4) is 0 Å². The Balaban J connectivity index is 1.98. The number of sulfonamides is 1. The number of aliphatic hydroxyl groups is 1. The number of aromatic nitrogens is 1. The van der Waals surface area contributed by atoms with Crippen molar-refractivity contribution in [2.45, 2.75) is 102 Å². The van der Waals surface area contributed by atoms with Crippen molar-refractivity contribution in [2.75, 3.05) is 61.0 Å². The maximum absolute atomic E-state index is 14.3. The number of methoxy groups -OCH3 is 1. The molecule has 3 rings (SSSR count). The topological polar surface area (TPSA) is 148 Å². The van der Waals surface area contributed by atoms with Crippen LogP contribution in [0, 0.1) is 17.3 Å². The lowest BCUT2D eigenvalue weighted by Crippen LogP contribution is -2.59. The van der Waals surface area contributed by atoms with E-state index in [2.05, 4.69) is 16.8 Å². The van der Waals surface area contributed by atoms with E-state index in [0.29, 0.717) is 32.4 Å². The Kier molecular flexibility index (Phi) is 14.1. The summed E-state index contributed by atoms with van der Waals surface area (Å²) in [6, 6.07) is 2.82. The lowest BCUT2D eigenvalue weighted by Gasteiger charge is -2.47. The third-order valence-corrected chi connectivity index (χ3v) is 11.7. The second-order valence-electron chi connectivity index (χ2n) is 14.6. The van der Waals surface area contributed by atoms with Gasteiger partial charge in [0.05, 0.1) is 17.8 Å². The lowest BCUT2D eigenvalue weighted by atomic mass is 9.74. The van der Waals surface area contributed by atoms with E-state index in [9.17, 15) is 23.1 Å². The van der Waals surface area contributed by atoms with E-state index in [1.165, 1.54) is 36.6 Å². The maximum atomic E-state index is 14.3. The van der Waals surface area contributed by atoms with Crippen LogP contribution in [-0.4, -0.2) is 142 Å². The number of cyclic esters (lactones) is 1. The highest BCUT2D eigenvalue weighted by atomic mass is 32.2. The third-order valence-electron chi connectivity index (χ3n) is 9.79. The van der Waals surface area contributed by atoms with Crippen LogP contribution in [0.25, 0.3) is 0 Å². The highest BCUT2D eigenvalue weighted by Gasteiger charge is 2.51. The van der Waals surface area contributed by atoms with Gasteiger partial charge in [0, 0.05) is 51.1 Å². The number of carbonyl (C=O) groups excluding carboxylic acids is 2. The normalized spacial score (nSPS) is 34.5. The molecule has 48 heavy (non-hydrogen) atoms. The number of hydrogen-bond donors (Lipinski definition) is 1. The molecule has 2 saturated heterocycles. The first kappa shape index (κ1) is 40.4. The van der Waals surface area contributed by atoms with Crippen molar-refractivity contribution in [2.24, 2.45) is 17.3 Å². The molecule has 8 atom stereocenters. The van der Waals surface area contributed by atoms with Gasteiger partial charge in [-0.15, -0.1) is 0 Å². The third kappa shape index (κ3) is 9.59. The number of esters is 1. The van der Waals surface area contributed by atoms with Gasteiger partial charge < -0.3 is 33.9 Å². The van der Waals surface area contributed by atoms with Gasteiger partial charge in [-0.1, -0.05) is 13.8 Å². The number of ketones is 1. The van der Waals surface area contributed by atoms with Crippen molar-refractivity contribution < 1.29 is 42.1 Å². The van der Waals surface area contributed by atoms with Crippen LogP contribution >= 0.6 is 0 Å². The summed E-state index contributed by atoms with van der Waals surface area (Å²) < 4.78 is 52.9. The second kappa shape index (κ2) is 16.8. The first-order valence-electron chi connectivity index (χ1n) is 16.9. The molecule has 0 radical (unpaired) electrons. The molecule has 0 aromatic carbocycles. The molecular formula is C34H58N4O9S. The summed E-state index contributed by atoms with van der Waals surface area (Å²) in [5, 5.41) is 11.3. The molecule has 2 aliphatic rings. The predicted octanol–water partition coefficient (Wildman–Crippen LogP) is 2.42.